The number of aromatic carboxylic acids is 1. The molecule has 1 N–H and O–H groups in total. The number of halogens is 1. The van der Waals surface area contributed by atoms with E-state index in [0.29, 0.717) is 22.8 Å². The lowest BCUT2D eigenvalue weighted by Crippen LogP contribution is -2.03. The summed E-state index contributed by atoms with van der Waals surface area (Å²) in [6, 6.07) is 16.7. The van der Waals surface area contributed by atoms with E-state index in [1.54, 1.807) is 16.8 Å². The predicted molar refractivity (Wildman–Crippen MR) is 109 cm³/mol. The van der Waals surface area contributed by atoms with Crippen molar-refractivity contribution in [2.75, 3.05) is 0 Å². The molecule has 0 unspecified atom stereocenters. The maximum atomic E-state index is 12.1. The third-order valence-electron chi connectivity index (χ3n) is 4.22. The maximum Gasteiger partial charge on any atom is 0.339 e. The topological polar surface area (TPSA) is 55.1 Å². The summed E-state index contributed by atoms with van der Waals surface area (Å²) in [7, 11) is 0. The largest absolute Gasteiger partial charge is 0.478 e. The molecule has 0 aliphatic rings. The predicted octanol–water partition coefficient (Wildman–Crippen LogP) is 5.79. The van der Waals surface area contributed by atoms with Gasteiger partial charge in [0.1, 0.15) is 5.56 Å². The van der Waals surface area contributed by atoms with E-state index in [1.165, 1.54) is 0 Å². The second-order valence-corrected chi connectivity index (χ2v) is 6.59. The van der Waals surface area contributed by atoms with Gasteiger partial charge in [-0.2, -0.15) is 5.10 Å². The lowest BCUT2D eigenvalue weighted by molar-refractivity contribution is 0.0696. The monoisotopic (exact) mass is 380 g/mol. The number of aromatic nitrogens is 2. The summed E-state index contributed by atoms with van der Waals surface area (Å²) in [5.74, 6) is -0.975. The van der Waals surface area contributed by atoms with Crippen LogP contribution in [0.15, 0.2) is 66.7 Å². The Morgan fingerprint density at radius 3 is 2.59 bits per heavy atom. The Morgan fingerprint density at radius 2 is 1.93 bits per heavy atom. The van der Waals surface area contributed by atoms with Gasteiger partial charge < -0.3 is 5.11 Å². The zero-order chi connectivity index (χ0) is 19.2. The van der Waals surface area contributed by atoms with E-state index in [1.807, 2.05) is 42.5 Å². The summed E-state index contributed by atoms with van der Waals surface area (Å²) in [5.41, 5.74) is 2.92. The van der Waals surface area contributed by atoms with Crippen molar-refractivity contribution in [1.29, 1.82) is 0 Å². The lowest BCUT2D eigenvalue weighted by Gasteiger charge is -2.09. The molecule has 27 heavy (non-hydrogen) atoms. The van der Waals surface area contributed by atoms with Gasteiger partial charge in [-0.3, -0.25) is 0 Å². The molecule has 0 bridgehead atoms. The number of nitrogens with zero attached hydrogens (tertiary/aromatic N) is 2. The van der Waals surface area contributed by atoms with Crippen molar-refractivity contribution in [1.82, 2.24) is 9.78 Å². The van der Waals surface area contributed by atoms with Crippen molar-refractivity contribution in [3.8, 4) is 16.9 Å². The molecule has 3 rings (SSSR count). The van der Waals surface area contributed by atoms with Gasteiger partial charge in [-0.05, 0) is 37.5 Å². The number of aryl methyl sites for hydroxylation is 1. The molecule has 0 aliphatic carbocycles. The highest BCUT2D eigenvalue weighted by molar-refractivity contribution is 6.30. The van der Waals surface area contributed by atoms with Crippen LogP contribution in [0.4, 0.5) is 0 Å². The Hall–Kier alpha value is -2.85. The SMILES string of the molecule is CCC=CCCc1nn(-c2cccc(Cl)c2)c(-c2ccccc2)c1C(=O)O. The molecule has 2 aromatic carbocycles. The van der Waals surface area contributed by atoms with Crippen LogP contribution in [0.1, 0.15) is 35.8 Å². The van der Waals surface area contributed by atoms with Crippen LogP contribution in [0.2, 0.25) is 5.02 Å². The van der Waals surface area contributed by atoms with Crippen LogP contribution in [-0.2, 0) is 6.42 Å². The van der Waals surface area contributed by atoms with Crippen LogP contribution < -0.4 is 0 Å². The van der Waals surface area contributed by atoms with Gasteiger partial charge in [-0.1, -0.05) is 67.1 Å². The van der Waals surface area contributed by atoms with E-state index >= 15 is 0 Å². The first-order chi connectivity index (χ1) is 13.1. The van der Waals surface area contributed by atoms with Crippen LogP contribution in [-0.4, -0.2) is 20.9 Å². The van der Waals surface area contributed by atoms with Gasteiger partial charge in [0.25, 0.3) is 0 Å². The summed E-state index contributed by atoms with van der Waals surface area (Å²) in [5, 5.41) is 15.2. The molecule has 138 valence electrons. The zero-order valence-corrected chi connectivity index (χ0v) is 15.9. The summed E-state index contributed by atoms with van der Waals surface area (Å²) in [4.78, 5) is 12.1. The summed E-state index contributed by atoms with van der Waals surface area (Å²) in [6.07, 6.45) is 6.40. The molecule has 0 saturated carbocycles. The van der Waals surface area contributed by atoms with Crippen LogP contribution >= 0.6 is 11.6 Å². The van der Waals surface area contributed by atoms with Gasteiger partial charge in [-0.15, -0.1) is 0 Å². The van der Waals surface area contributed by atoms with Gasteiger partial charge in [0.05, 0.1) is 17.1 Å². The molecular formula is C22H21ClN2O2. The van der Waals surface area contributed by atoms with Crippen LogP contribution in [0.25, 0.3) is 16.9 Å². The molecule has 1 aromatic heterocycles. The van der Waals surface area contributed by atoms with Crippen molar-refractivity contribution in [2.45, 2.75) is 26.2 Å². The van der Waals surface area contributed by atoms with E-state index in [0.717, 1.165) is 24.1 Å². The normalized spacial score (nSPS) is 11.2. The van der Waals surface area contributed by atoms with Crippen LogP contribution in [0.5, 0.6) is 0 Å². The van der Waals surface area contributed by atoms with Gasteiger partial charge in [-0.25, -0.2) is 9.48 Å². The fraction of sp³-hybridized carbons (Fsp3) is 0.182. The second-order valence-electron chi connectivity index (χ2n) is 6.15. The van der Waals surface area contributed by atoms with Gasteiger partial charge >= 0.3 is 5.97 Å². The van der Waals surface area contributed by atoms with E-state index in [-0.39, 0.29) is 5.56 Å². The number of hydrogen-bond acceptors (Lipinski definition) is 2. The van der Waals surface area contributed by atoms with Gasteiger partial charge in [0.15, 0.2) is 0 Å². The van der Waals surface area contributed by atoms with Crippen LogP contribution in [0.3, 0.4) is 0 Å². The molecule has 0 amide bonds. The molecule has 0 fully saturated rings. The number of carbonyl (C=O) groups is 1. The Labute approximate surface area is 163 Å². The second kappa shape index (κ2) is 8.69. The summed E-state index contributed by atoms with van der Waals surface area (Å²) in [6.45, 7) is 2.07. The van der Waals surface area contributed by atoms with Crippen molar-refractivity contribution in [2.24, 2.45) is 0 Å². The number of benzene rings is 2. The van der Waals surface area contributed by atoms with Crippen molar-refractivity contribution >= 4 is 17.6 Å². The van der Waals surface area contributed by atoms with E-state index in [4.69, 9.17) is 11.6 Å². The molecule has 0 atom stereocenters. The smallest absolute Gasteiger partial charge is 0.339 e. The van der Waals surface area contributed by atoms with Crippen molar-refractivity contribution in [3.63, 3.8) is 0 Å². The quantitative estimate of drug-likeness (QED) is 0.528. The highest BCUT2D eigenvalue weighted by Gasteiger charge is 2.25. The van der Waals surface area contributed by atoms with Gasteiger partial charge in [0.2, 0.25) is 0 Å². The van der Waals surface area contributed by atoms with Crippen molar-refractivity contribution in [3.05, 3.63) is 83.0 Å². The first kappa shape index (κ1) is 18.9. The molecule has 4 nitrogen and oxygen atoms in total. The number of carboxylic acid groups (broad SMARTS) is 1. The first-order valence-electron chi connectivity index (χ1n) is 8.93. The van der Waals surface area contributed by atoms with Crippen molar-refractivity contribution < 1.29 is 9.90 Å². The minimum Gasteiger partial charge on any atom is -0.478 e. The highest BCUT2D eigenvalue weighted by atomic mass is 35.5. The average Bonchev–Trinajstić information content (AvgIpc) is 3.06. The molecular weight excluding hydrogens is 360 g/mol. The maximum absolute atomic E-state index is 12.1. The Kier molecular flexibility index (Phi) is 6.09. The molecule has 1 heterocycles. The lowest BCUT2D eigenvalue weighted by atomic mass is 10.0. The fourth-order valence-electron chi connectivity index (χ4n) is 3.02. The molecule has 5 heteroatoms. The minimum absolute atomic E-state index is 0.242. The summed E-state index contributed by atoms with van der Waals surface area (Å²) < 4.78 is 1.68. The Morgan fingerprint density at radius 1 is 1.15 bits per heavy atom. The van der Waals surface area contributed by atoms with E-state index < -0.39 is 5.97 Å². The Balaban J connectivity index is 2.19. The van der Waals surface area contributed by atoms with E-state index in [2.05, 4.69) is 24.2 Å². The Bertz CT molecular complexity index is 962. The molecule has 3 aromatic rings. The third kappa shape index (κ3) is 4.29. The molecule has 0 aliphatic heterocycles. The highest BCUT2D eigenvalue weighted by Crippen LogP contribution is 2.30. The standard InChI is InChI=1S/C22H21ClN2O2/c1-2-3-4-8-14-19-20(22(26)27)21(16-10-6-5-7-11-16)25(24-19)18-13-9-12-17(23)15-18/h3-7,9-13,15H,2,8,14H2,1H3,(H,26,27). The zero-order valence-electron chi connectivity index (χ0n) is 15.1. The van der Waals surface area contributed by atoms with E-state index in [9.17, 15) is 9.90 Å². The molecule has 0 spiro atoms. The third-order valence-corrected chi connectivity index (χ3v) is 4.46. The molecule has 0 radical (unpaired) electrons. The minimum atomic E-state index is -0.975. The van der Waals surface area contributed by atoms with Gasteiger partial charge in [0, 0.05) is 10.6 Å². The first-order valence-corrected chi connectivity index (χ1v) is 9.31. The fourth-order valence-corrected chi connectivity index (χ4v) is 3.21. The van der Waals surface area contributed by atoms with Crippen LogP contribution in [0, 0.1) is 0 Å². The number of hydrogen-bond donors (Lipinski definition) is 1. The molecule has 0 saturated heterocycles. The number of carboxylic acids is 1. The average molecular weight is 381 g/mol. The number of allylic oxidation sites excluding steroid dienone is 2. The summed E-state index contributed by atoms with van der Waals surface area (Å²) >= 11 is 6.15. The number of rotatable bonds is 7.